The van der Waals surface area contributed by atoms with Crippen LogP contribution in [0.1, 0.15) is 37.8 Å². The summed E-state index contributed by atoms with van der Waals surface area (Å²) >= 11 is 0. The molecule has 0 aromatic heterocycles. The van der Waals surface area contributed by atoms with Gasteiger partial charge in [0.2, 0.25) is 10.0 Å². The van der Waals surface area contributed by atoms with Crippen molar-refractivity contribution in [1.29, 1.82) is 0 Å². The zero-order chi connectivity index (χ0) is 13.8. The lowest BCUT2D eigenvalue weighted by atomic mass is 9.97. The Morgan fingerprint density at radius 3 is 2.17 bits per heavy atom. The highest BCUT2D eigenvalue weighted by Crippen LogP contribution is 2.17. The van der Waals surface area contributed by atoms with Gasteiger partial charge in [0, 0.05) is 5.41 Å². The van der Waals surface area contributed by atoms with Crippen molar-refractivity contribution >= 4 is 10.0 Å². The fourth-order valence-electron chi connectivity index (χ4n) is 1.72. The van der Waals surface area contributed by atoms with Crippen LogP contribution in [0.15, 0.2) is 35.7 Å². The SMILES string of the molecule is CC(C=CS(N)(=O)=O)Cc1ccc(C(C)C)cc1. The molecule has 3 nitrogen and oxygen atoms in total. The van der Waals surface area contributed by atoms with Gasteiger partial charge in [-0.3, -0.25) is 0 Å². The third-order valence-electron chi connectivity index (χ3n) is 2.80. The number of primary sulfonamides is 1. The van der Waals surface area contributed by atoms with E-state index in [1.54, 1.807) is 6.08 Å². The van der Waals surface area contributed by atoms with Crippen LogP contribution in [0.2, 0.25) is 0 Å². The summed E-state index contributed by atoms with van der Waals surface area (Å²) in [6.45, 7) is 6.29. The zero-order valence-electron chi connectivity index (χ0n) is 11.1. The second-order valence-electron chi connectivity index (χ2n) is 5.00. The molecular weight excluding hydrogens is 246 g/mol. The average Bonchev–Trinajstić information content (AvgIpc) is 2.26. The molecule has 1 aromatic rings. The molecule has 0 aliphatic heterocycles. The van der Waals surface area contributed by atoms with Crippen molar-refractivity contribution in [2.75, 3.05) is 0 Å². The third-order valence-corrected chi connectivity index (χ3v) is 3.34. The first-order chi connectivity index (χ1) is 8.28. The zero-order valence-corrected chi connectivity index (χ0v) is 11.9. The summed E-state index contributed by atoms with van der Waals surface area (Å²) < 4.78 is 21.6. The van der Waals surface area contributed by atoms with E-state index in [4.69, 9.17) is 5.14 Å². The van der Waals surface area contributed by atoms with Crippen LogP contribution in [0, 0.1) is 5.92 Å². The molecule has 0 heterocycles. The van der Waals surface area contributed by atoms with Gasteiger partial charge >= 0.3 is 0 Å². The van der Waals surface area contributed by atoms with E-state index in [1.165, 1.54) is 11.1 Å². The van der Waals surface area contributed by atoms with Crippen molar-refractivity contribution < 1.29 is 8.42 Å². The van der Waals surface area contributed by atoms with Crippen LogP contribution in [-0.4, -0.2) is 8.42 Å². The fraction of sp³-hybridized carbons (Fsp3) is 0.429. The largest absolute Gasteiger partial charge is 0.230 e. The summed E-state index contributed by atoms with van der Waals surface area (Å²) in [5, 5.41) is 5.99. The monoisotopic (exact) mass is 267 g/mol. The summed E-state index contributed by atoms with van der Waals surface area (Å²) in [6, 6.07) is 8.43. The van der Waals surface area contributed by atoms with Crippen LogP contribution in [0.5, 0.6) is 0 Å². The number of rotatable bonds is 5. The highest BCUT2D eigenvalue weighted by molar-refractivity contribution is 7.92. The molecule has 1 unspecified atom stereocenters. The van der Waals surface area contributed by atoms with Crippen LogP contribution in [-0.2, 0) is 16.4 Å². The van der Waals surface area contributed by atoms with Gasteiger partial charge in [-0.25, -0.2) is 13.6 Å². The van der Waals surface area contributed by atoms with Crippen LogP contribution in [0.3, 0.4) is 0 Å². The Labute approximate surface area is 110 Å². The van der Waals surface area contributed by atoms with Crippen LogP contribution < -0.4 is 5.14 Å². The van der Waals surface area contributed by atoms with E-state index < -0.39 is 10.0 Å². The lowest BCUT2D eigenvalue weighted by molar-refractivity contribution is 0.605. The minimum atomic E-state index is -3.51. The average molecular weight is 267 g/mol. The Bertz CT molecular complexity index is 501. The van der Waals surface area contributed by atoms with E-state index >= 15 is 0 Å². The molecule has 4 heteroatoms. The maximum atomic E-state index is 10.8. The molecule has 0 saturated heterocycles. The van der Waals surface area contributed by atoms with Crippen molar-refractivity contribution in [3.8, 4) is 0 Å². The molecule has 0 aliphatic carbocycles. The molecular formula is C14H21NO2S. The van der Waals surface area contributed by atoms with Gasteiger partial charge in [-0.15, -0.1) is 0 Å². The molecule has 100 valence electrons. The van der Waals surface area contributed by atoms with Crippen LogP contribution in [0.4, 0.5) is 0 Å². The van der Waals surface area contributed by atoms with Crippen molar-refractivity contribution in [2.45, 2.75) is 33.1 Å². The number of nitrogens with two attached hydrogens (primary N) is 1. The van der Waals surface area contributed by atoms with Crippen molar-refractivity contribution in [2.24, 2.45) is 11.1 Å². The molecule has 0 radical (unpaired) electrons. The quantitative estimate of drug-likeness (QED) is 0.891. The van der Waals surface area contributed by atoms with E-state index in [-0.39, 0.29) is 5.92 Å². The van der Waals surface area contributed by atoms with E-state index in [2.05, 4.69) is 38.1 Å². The first kappa shape index (κ1) is 14.9. The summed E-state index contributed by atoms with van der Waals surface area (Å²) in [7, 11) is -3.51. The number of hydrogen-bond acceptors (Lipinski definition) is 2. The molecule has 2 N–H and O–H groups in total. The van der Waals surface area contributed by atoms with Gasteiger partial charge in [0.1, 0.15) is 0 Å². The van der Waals surface area contributed by atoms with Gasteiger partial charge in [-0.1, -0.05) is 51.1 Å². The Morgan fingerprint density at radius 1 is 1.17 bits per heavy atom. The van der Waals surface area contributed by atoms with Gasteiger partial charge in [-0.2, -0.15) is 0 Å². The second-order valence-corrected chi connectivity index (χ2v) is 6.45. The fourth-order valence-corrected chi connectivity index (χ4v) is 2.21. The molecule has 1 aromatic carbocycles. The van der Waals surface area contributed by atoms with Gasteiger partial charge < -0.3 is 0 Å². The van der Waals surface area contributed by atoms with E-state index in [9.17, 15) is 8.42 Å². The molecule has 0 amide bonds. The first-order valence-electron chi connectivity index (χ1n) is 6.08. The summed E-state index contributed by atoms with van der Waals surface area (Å²) in [6.07, 6.45) is 2.44. The predicted molar refractivity (Wildman–Crippen MR) is 75.6 cm³/mol. The van der Waals surface area contributed by atoms with Gasteiger partial charge in [-0.05, 0) is 29.4 Å². The molecule has 0 fully saturated rings. The Morgan fingerprint density at radius 2 is 1.72 bits per heavy atom. The van der Waals surface area contributed by atoms with Crippen molar-refractivity contribution in [1.82, 2.24) is 0 Å². The van der Waals surface area contributed by atoms with E-state index in [0.717, 1.165) is 11.8 Å². The maximum Gasteiger partial charge on any atom is 0.230 e. The Balaban J connectivity index is 2.65. The minimum absolute atomic E-state index is 0.147. The smallest absolute Gasteiger partial charge is 0.225 e. The number of benzene rings is 1. The van der Waals surface area contributed by atoms with Gasteiger partial charge in [0.25, 0.3) is 0 Å². The molecule has 1 rings (SSSR count). The molecule has 0 bridgehead atoms. The van der Waals surface area contributed by atoms with Gasteiger partial charge in [0.15, 0.2) is 0 Å². The highest BCUT2D eigenvalue weighted by atomic mass is 32.2. The van der Waals surface area contributed by atoms with Crippen LogP contribution >= 0.6 is 0 Å². The molecule has 18 heavy (non-hydrogen) atoms. The number of sulfonamides is 1. The standard InChI is InChI=1S/C14H21NO2S/c1-11(2)14-6-4-13(5-7-14)10-12(3)8-9-18(15,16)17/h4-9,11-12H,10H2,1-3H3,(H2,15,16,17). The van der Waals surface area contributed by atoms with E-state index in [1.807, 2.05) is 6.92 Å². The van der Waals surface area contributed by atoms with E-state index in [0.29, 0.717) is 5.92 Å². The lowest BCUT2D eigenvalue weighted by Crippen LogP contribution is -2.08. The molecule has 0 aliphatic rings. The normalized spacial score (nSPS) is 14.3. The first-order valence-corrected chi connectivity index (χ1v) is 7.68. The van der Waals surface area contributed by atoms with Crippen molar-refractivity contribution in [3.05, 3.63) is 46.9 Å². The summed E-state index contributed by atoms with van der Waals surface area (Å²) in [5.41, 5.74) is 2.51. The number of hydrogen-bond donors (Lipinski definition) is 1. The highest BCUT2D eigenvalue weighted by Gasteiger charge is 2.03. The molecule has 0 spiro atoms. The molecule has 1 atom stereocenters. The third kappa shape index (κ3) is 5.47. The van der Waals surface area contributed by atoms with Crippen LogP contribution in [0.25, 0.3) is 0 Å². The minimum Gasteiger partial charge on any atom is -0.225 e. The topological polar surface area (TPSA) is 60.2 Å². The predicted octanol–water partition coefficient (Wildman–Crippen LogP) is 2.79. The lowest BCUT2D eigenvalue weighted by Gasteiger charge is -2.09. The van der Waals surface area contributed by atoms with Gasteiger partial charge in [0.05, 0.1) is 0 Å². The maximum absolute atomic E-state index is 10.8. The molecule has 0 saturated carbocycles. The second kappa shape index (κ2) is 6.16. The summed E-state index contributed by atoms with van der Waals surface area (Å²) in [4.78, 5) is 0. The summed E-state index contributed by atoms with van der Waals surface area (Å²) in [5.74, 6) is 0.673. The Hall–Kier alpha value is -1.13. The Kier molecular flexibility index (Phi) is 5.11. The van der Waals surface area contributed by atoms with Crippen molar-refractivity contribution in [3.63, 3.8) is 0 Å². The number of allylic oxidation sites excluding steroid dienone is 1.